The number of carbonyl (C=O) groups is 2. The Hall–Kier alpha value is -2.82. The van der Waals surface area contributed by atoms with Gasteiger partial charge in [0.05, 0.1) is 16.5 Å². The summed E-state index contributed by atoms with van der Waals surface area (Å²) in [5.74, 6) is -0.900. The van der Waals surface area contributed by atoms with Crippen molar-refractivity contribution in [2.24, 2.45) is 5.73 Å². The van der Waals surface area contributed by atoms with E-state index in [9.17, 15) is 18.0 Å². The molecule has 1 unspecified atom stereocenters. The maximum Gasteiger partial charge on any atom is 0.271 e. The van der Waals surface area contributed by atoms with E-state index in [4.69, 9.17) is 5.73 Å². The van der Waals surface area contributed by atoms with Gasteiger partial charge in [0, 0.05) is 10.6 Å². The van der Waals surface area contributed by atoms with Gasteiger partial charge in [-0.3, -0.25) is 14.3 Å². The number of hydrogen-bond donors (Lipinski definition) is 3. The van der Waals surface area contributed by atoms with Gasteiger partial charge in [0.1, 0.15) is 4.21 Å². The monoisotopic (exact) mass is 461 g/mol. The Kier molecular flexibility index (Phi) is 6.80. The topological polar surface area (TPSA) is 118 Å². The molecule has 156 valence electrons. The molecule has 0 aliphatic carbocycles. The maximum atomic E-state index is 12.5. The predicted molar refractivity (Wildman–Crippen MR) is 120 cm³/mol. The normalized spacial score (nSPS) is 12.2. The third-order valence-electron chi connectivity index (χ3n) is 4.00. The number of benzene rings is 2. The van der Waals surface area contributed by atoms with Gasteiger partial charge in [0.2, 0.25) is 5.91 Å². The lowest BCUT2D eigenvalue weighted by atomic mass is 10.1. The zero-order valence-corrected chi connectivity index (χ0v) is 18.3. The molecule has 30 heavy (non-hydrogen) atoms. The second-order valence-corrected chi connectivity index (χ2v) is 10.5. The Morgan fingerprint density at radius 1 is 1.03 bits per heavy atom. The molecule has 7 nitrogen and oxygen atoms in total. The van der Waals surface area contributed by atoms with E-state index in [1.807, 2.05) is 0 Å². The minimum absolute atomic E-state index is 0.238. The van der Waals surface area contributed by atoms with Crippen molar-refractivity contribution in [3.8, 4) is 0 Å². The highest BCUT2D eigenvalue weighted by Gasteiger charge is 2.18. The van der Waals surface area contributed by atoms with E-state index in [1.165, 1.54) is 17.8 Å². The number of rotatable bonds is 8. The molecule has 4 N–H and O–H groups in total. The van der Waals surface area contributed by atoms with Crippen molar-refractivity contribution >= 4 is 56.3 Å². The number of para-hydroxylation sites is 1. The molecule has 0 bridgehead atoms. The van der Waals surface area contributed by atoms with Crippen molar-refractivity contribution < 1.29 is 18.0 Å². The van der Waals surface area contributed by atoms with Crippen LogP contribution in [0.1, 0.15) is 17.3 Å². The Balaban J connectivity index is 1.62. The first-order valence-electron chi connectivity index (χ1n) is 8.79. The Morgan fingerprint density at radius 2 is 1.73 bits per heavy atom. The summed E-state index contributed by atoms with van der Waals surface area (Å²) >= 11 is 2.45. The number of primary amides is 1. The molecule has 0 fully saturated rings. The highest BCUT2D eigenvalue weighted by atomic mass is 32.2. The Labute approximate surface area is 182 Å². The zero-order chi connectivity index (χ0) is 21.7. The van der Waals surface area contributed by atoms with E-state index in [2.05, 4.69) is 10.0 Å². The first kappa shape index (κ1) is 21.9. The summed E-state index contributed by atoms with van der Waals surface area (Å²) in [5, 5.41) is 3.96. The number of amides is 2. The number of thioether (sulfide) groups is 1. The fourth-order valence-electron chi connectivity index (χ4n) is 2.52. The molecule has 3 aromatic rings. The van der Waals surface area contributed by atoms with E-state index in [1.54, 1.807) is 66.9 Å². The van der Waals surface area contributed by atoms with Crippen molar-refractivity contribution in [3.05, 3.63) is 71.6 Å². The summed E-state index contributed by atoms with van der Waals surface area (Å²) < 4.78 is 27.3. The van der Waals surface area contributed by atoms with Crippen molar-refractivity contribution in [3.63, 3.8) is 0 Å². The minimum Gasteiger partial charge on any atom is -0.366 e. The highest BCUT2D eigenvalue weighted by Crippen LogP contribution is 2.27. The molecule has 0 saturated heterocycles. The van der Waals surface area contributed by atoms with Crippen LogP contribution in [0.5, 0.6) is 0 Å². The molecule has 0 aliphatic heterocycles. The summed E-state index contributed by atoms with van der Waals surface area (Å²) in [6, 6.07) is 16.5. The van der Waals surface area contributed by atoms with Crippen LogP contribution in [0.4, 0.5) is 11.4 Å². The molecule has 1 heterocycles. The largest absolute Gasteiger partial charge is 0.366 e. The summed E-state index contributed by atoms with van der Waals surface area (Å²) in [4.78, 5) is 24.8. The predicted octanol–water partition coefficient (Wildman–Crippen LogP) is 3.77. The third-order valence-corrected chi connectivity index (χ3v) is 7.89. The third kappa shape index (κ3) is 5.41. The molecule has 0 aliphatic rings. The Morgan fingerprint density at radius 3 is 2.37 bits per heavy atom. The fraction of sp³-hybridized carbons (Fsp3) is 0.100. The van der Waals surface area contributed by atoms with Gasteiger partial charge in [-0.2, -0.15) is 0 Å². The van der Waals surface area contributed by atoms with Crippen molar-refractivity contribution in [2.45, 2.75) is 21.3 Å². The van der Waals surface area contributed by atoms with Crippen molar-refractivity contribution in [1.29, 1.82) is 0 Å². The minimum atomic E-state index is -3.61. The second-order valence-electron chi connectivity index (χ2n) is 6.22. The van der Waals surface area contributed by atoms with Gasteiger partial charge < -0.3 is 11.1 Å². The molecule has 3 rings (SSSR count). The molecule has 0 spiro atoms. The number of thiophene rings is 1. The SMILES string of the molecule is CC(Sc1ccc(NS(=O)(=O)c2cccs2)cc1)C(=O)Nc1ccccc1C(N)=O. The first-order chi connectivity index (χ1) is 14.3. The van der Waals surface area contributed by atoms with Crippen LogP contribution in [-0.4, -0.2) is 25.5 Å². The lowest BCUT2D eigenvalue weighted by molar-refractivity contribution is -0.115. The summed E-state index contributed by atoms with van der Waals surface area (Å²) in [7, 11) is -3.61. The molecule has 10 heteroatoms. The lowest BCUT2D eigenvalue weighted by Crippen LogP contribution is -2.24. The number of hydrogen-bond acceptors (Lipinski definition) is 6. The van der Waals surface area contributed by atoms with Crippen molar-refractivity contribution in [1.82, 2.24) is 0 Å². The molecule has 1 aromatic heterocycles. The van der Waals surface area contributed by atoms with Gasteiger partial charge in [0.25, 0.3) is 15.9 Å². The van der Waals surface area contributed by atoms with Gasteiger partial charge in [-0.25, -0.2) is 8.42 Å². The van der Waals surface area contributed by atoms with E-state index >= 15 is 0 Å². The molecule has 0 saturated carbocycles. The van der Waals surface area contributed by atoms with E-state index in [0.717, 1.165) is 16.2 Å². The zero-order valence-electron chi connectivity index (χ0n) is 15.9. The van der Waals surface area contributed by atoms with Crippen LogP contribution in [0.2, 0.25) is 0 Å². The van der Waals surface area contributed by atoms with Gasteiger partial charge in [0.15, 0.2) is 0 Å². The number of nitrogens with one attached hydrogen (secondary N) is 2. The smallest absolute Gasteiger partial charge is 0.271 e. The summed E-state index contributed by atoms with van der Waals surface area (Å²) in [6.45, 7) is 1.74. The average Bonchev–Trinajstić information content (AvgIpc) is 3.25. The molecular formula is C20H19N3O4S3. The second kappa shape index (κ2) is 9.33. The average molecular weight is 462 g/mol. The lowest BCUT2D eigenvalue weighted by Gasteiger charge is -2.14. The van der Waals surface area contributed by atoms with E-state index in [-0.39, 0.29) is 15.7 Å². The van der Waals surface area contributed by atoms with Gasteiger partial charge in [-0.15, -0.1) is 23.1 Å². The van der Waals surface area contributed by atoms with Crippen LogP contribution in [0.15, 0.2) is 75.1 Å². The molecule has 1 atom stereocenters. The number of carbonyl (C=O) groups excluding carboxylic acids is 2. The summed E-state index contributed by atoms with van der Waals surface area (Å²) in [6.07, 6.45) is 0. The van der Waals surface area contributed by atoms with Crippen LogP contribution in [0.25, 0.3) is 0 Å². The van der Waals surface area contributed by atoms with Crippen LogP contribution in [0, 0.1) is 0 Å². The van der Waals surface area contributed by atoms with Crippen LogP contribution >= 0.6 is 23.1 Å². The van der Waals surface area contributed by atoms with Crippen LogP contribution in [0.3, 0.4) is 0 Å². The molecular weight excluding hydrogens is 442 g/mol. The standard InChI is InChI=1S/C20H19N3O4S3/c1-13(20(25)22-17-6-3-2-5-16(17)19(21)24)29-15-10-8-14(9-11-15)23-30(26,27)18-7-4-12-28-18/h2-13,23H,1H3,(H2,21,24)(H,22,25). The van der Waals surface area contributed by atoms with E-state index < -0.39 is 21.2 Å². The quantitative estimate of drug-likeness (QED) is 0.441. The number of sulfonamides is 1. The van der Waals surface area contributed by atoms with E-state index in [0.29, 0.717) is 11.4 Å². The Bertz CT molecular complexity index is 1140. The van der Waals surface area contributed by atoms with Gasteiger partial charge in [-0.05, 0) is 54.8 Å². The maximum absolute atomic E-state index is 12.5. The number of nitrogens with two attached hydrogens (primary N) is 1. The highest BCUT2D eigenvalue weighted by molar-refractivity contribution is 8.00. The molecule has 2 amide bonds. The number of anilines is 2. The first-order valence-corrected chi connectivity index (χ1v) is 12.0. The van der Waals surface area contributed by atoms with Crippen LogP contribution < -0.4 is 15.8 Å². The van der Waals surface area contributed by atoms with Gasteiger partial charge >= 0.3 is 0 Å². The van der Waals surface area contributed by atoms with Gasteiger partial charge in [-0.1, -0.05) is 18.2 Å². The molecule has 2 aromatic carbocycles. The van der Waals surface area contributed by atoms with Crippen molar-refractivity contribution in [2.75, 3.05) is 10.0 Å². The summed E-state index contributed by atoms with van der Waals surface area (Å²) in [5.41, 5.74) is 6.37. The fourth-order valence-corrected chi connectivity index (χ4v) is 5.44. The van der Waals surface area contributed by atoms with Crippen LogP contribution in [-0.2, 0) is 14.8 Å². The molecule has 0 radical (unpaired) electrons.